The first-order chi connectivity index (χ1) is 8.88. The molecule has 4 nitrogen and oxygen atoms in total. The van der Waals surface area contributed by atoms with Crippen molar-refractivity contribution in [1.82, 2.24) is 12.9 Å². The van der Waals surface area contributed by atoms with E-state index in [1.807, 2.05) is 25.8 Å². The highest BCUT2D eigenvalue weighted by Crippen LogP contribution is 2.03. The van der Waals surface area contributed by atoms with Gasteiger partial charge in [-0.3, -0.25) is 4.79 Å². The quantitative estimate of drug-likeness (QED) is 0.330. The summed E-state index contributed by atoms with van der Waals surface area (Å²) in [4.78, 5) is 16.0. The number of rotatable bonds is 10. The van der Waals surface area contributed by atoms with E-state index in [0.717, 1.165) is 45.6 Å². The summed E-state index contributed by atoms with van der Waals surface area (Å²) in [5.74, 6) is 0.357. The van der Waals surface area contributed by atoms with Crippen molar-refractivity contribution in [3.63, 3.8) is 0 Å². The zero-order chi connectivity index (χ0) is 14.8. The van der Waals surface area contributed by atoms with Crippen molar-refractivity contribution < 1.29 is 4.79 Å². The lowest BCUT2D eigenvalue weighted by Crippen LogP contribution is -2.33. The Labute approximate surface area is 133 Å². The van der Waals surface area contributed by atoms with Crippen LogP contribution in [0, 0.1) is 5.92 Å². The Hall–Kier alpha value is 0.120. The number of unbranched alkanes of at least 4 members (excludes halogenated alkanes) is 1. The normalized spacial score (nSPS) is 11.6. The van der Waals surface area contributed by atoms with Gasteiger partial charge in [0.1, 0.15) is 0 Å². The molecule has 0 bridgehead atoms. The number of likely N-dealkylation sites (N-methyl/N-ethyl adjacent to an activating group) is 2. The summed E-state index contributed by atoms with van der Waals surface area (Å²) in [6, 6.07) is 0. The van der Waals surface area contributed by atoms with Crippen molar-refractivity contribution in [2.24, 2.45) is 5.92 Å². The minimum absolute atomic E-state index is 0.108. The number of carbonyl (C=O) groups excluding carboxylic acids is 1. The van der Waals surface area contributed by atoms with E-state index < -0.39 is 0 Å². The molecule has 0 radical (unpaired) electrons. The average Bonchev–Trinajstić information content (AvgIpc) is 2.36. The van der Waals surface area contributed by atoms with E-state index in [1.54, 1.807) is 0 Å². The van der Waals surface area contributed by atoms with Gasteiger partial charge in [0, 0.05) is 55.5 Å². The van der Waals surface area contributed by atoms with Gasteiger partial charge in [0.2, 0.25) is 5.91 Å². The molecule has 5 heteroatoms. The fraction of sp³-hybridized carbons (Fsp3) is 0.929. The molecular weight excluding hydrogens is 353 g/mol. The van der Waals surface area contributed by atoms with Crippen LogP contribution in [0.5, 0.6) is 0 Å². The summed E-state index contributed by atoms with van der Waals surface area (Å²) < 4.78 is 2.19. The predicted molar refractivity (Wildman–Crippen MR) is 90.5 cm³/mol. The lowest BCUT2D eigenvalue weighted by atomic mass is 10.2. The Morgan fingerprint density at radius 3 is 2.11 bits per heavy atom. The first-order valence-electron chi connectivity index (χ1n) is 7.22. The summed E-state index contributed by atoms with van der Waals surface area (Å²) in [7, 11) is 4.01. The zero-order valence-electron chi connectivity index (χ0n) is 13.2. The van der Waals surface area contributed by atoms with Gasteiger partial charge >= 0.3 is 0 Å². The minimum atomic E-state index is 0.108. The van der Waals surface area contributed by atoms with Gasteiger partial charge in [0.15, 0.2) is 0 Å². The molecule has 0 aliphatic carbocycles. The monoisotopic (exact) mass is 383 g/mol. The van der Waals surface area contributed by atoms with Crippen LogP contribution >= 0.6 is 22.9 Å². The van der Waals surface area contributed by atoms with E-state index in [0.29, 0.717) is 0 Å². The highest BCUT2D eigenvalue weighted by molar-refractivity contribution is 14.1. The van der Waals surface area contributed by atoms with Crippen LogP contribution in [-0.4, -0.2) is 65.6 Å². The summed E-state index contributed by atoms with van der Waals surface area (Å²) >= 11 is 2.32. The van der Waals surface area contributed by atoms with Crippen LogP contribution in [0.25, 0.3) is 0 Å². The van der Waals surface area contributed by atoms with Gasteiger partial charge in [0.25, 0.3) is 0 Å². The molecule has 0 spiro atoms. The van der Waals surface area contributed by atoms with Crippen LogP contribution in [0.2, 0.25) is 0 Å². The van der Waals surface area contributed by atoms with Crippen molar-refractivity contribution in [3.05, 3.63) is 0 Å². The van der Waals surface area contributed by atoms with E-state index in [9.17, 15) is 4.79 Å². The topological polar surface area (TPSA) is 26.8 Å². The second-order valence-corrected chi connectivity index (χ2v) is 7.03. The number of amides is 1. The third kappa shape index (κ3) is 9.62. The molecule has 114 valence electrons. The summed E-state index contributed by atoms with van der Waals surface area (Å²) in [5, 5.41) is 0. The second-order valence-electron chi connectivity index (χ2n) is 5.38. The number of halogens is 1. The summed E-state index contributed by atoms with van der Waals surface area (Å²) in [6.07, 6.45) is 2.25. The van der Waals surface area contributed by atoms with Gasteiger partial charge in [-0.15, -0.1) is 0 Å². The Kier molecular flexibility index (Phi) is 10.9. The Balaban J connectivity index is 3.74. The maximum absolute atomic E-state index is 11.7. The Morgan fingerprint density at radius 2 is 1.63 bits per heavy atom. The molecule has 0 saturated carbocycles. The SMILES string of the molecule is CCN(CCCCN(C)C(=O)C(C)C)CCN(C)I. The maximum atomic E-state index is 11.7. The second kappa shape index (κ2) is 10.9. The molecule has 0 fully saturated rings. The standard InChI is InChI=1S/C14H30IN3O/c1-6-18(12-11-17(5)15)10-8-7-9-16(4)14(19)13(2)3/h13H,6-12H2,1-5H3. The number of hydrogen-bond acceptors (Lipinski definition) is 3. The van der Waals surface area contributed by atoms with Gasteiger partial charge in [-0.25, -0.2) is 3.11 Å². The Bertz CT molecular complexity index is 247. The summed E-state index contributed by atoms with van der Waals surface area (Å²) in [5.41, 5.74) is 0. The van der Waals surface area contributed by atoms with Crippen LogP contribution < -0.4 is 0 Å². The maximum Gasteiger partial charge on any atom is 0.224 e. The zero-order valence-corrected chi connectivity index (χ0v) is 15.3. The number of carbonyl (C=O) groups is 1. The molecule has 0 aliphatic rings. The molecule has 0 rings (SSSR count). The molecule has 19 heavy (non-hydrogen) atoms. The first kappa shape index (κ1) is 19.1. The third-order valence-corrected chi connectivity index (χ3v) is 3.74. The van der Waals surface area contributed by atoms with Crippen LogP contribution in [0.1, 0.15) is 33.6 Å². The van der Waals surface area contributed by atoms with Crippen LogP contribution in [0.15, 0.2) is 0 Å². The van der Waals surface area contributed by atoms with E-state index in [-0.39, 0.29) is 11.8 Å². The van der Waals surface area contributed by atoms with Crippen molar-refractivity contribution in [1.29, 1.82) is 0 Å². The van der Waals surface area contributed by atoms with Crippen molar-refractivity contribution in [2.75, 3.05) is 46.8 Å². The lowest BCUT2D eigenvalue weighted by Gasteiger charge is -2.23. The molecule has 0 heterocycles. The van der Waals surface area contributed by atoms with Gasteiger partial charge in [-0.1, -0.05) is 20.8 Å². The fourth-order valence-electron chi connectivity index (χ4n) is 1.94. The lowest BCUT2D eigenvalue weighted by molar-refractivity contribution is -0.133. The van der Waals surface area contributed by atoms with E-state index in [4.69, 9.17) is 0 Å². The predicted octanol–water partition coefficient (Wildman–Crippen LogP) is 2.48. The van der Waals surface area contributed by atoms with Gasteiger partial charge in [0.05, 0.1) is 0 Å². The van der Waals surface area contributed by atoms with Gasteiger partial charge in [-0.05, 0) is 33.0 Å². The average molecular weight is 383 g/mol. The molecule has 0 aliphatic heterocycles. The molecule has 0 saturated heterocycles. The van der Waals surface area contributed by atoms with Crippen LogP contribution in [0.4, 0.5) is 0 Å². The molecule has 0 N–H and O–H groups in total. The number of hydrogen-bond donors (Lipinski definition) is 0. The van der Waals surface area contributed by atoms with Crippen LogP contribution in [-0.2, 0) is 4.79 Å². The third-order valence-electron chi connectivity index (χ3n) is 3.26. The van der Waals surface area contributed by atoms with E-state index >= 15 is 0 Å². The van der Waals surface area contributed by atoms with Crippen molar-refractivity contribution in [3.8, 4) is 0 Å². The van der Waals surface area contributed by atoms with Crippen molar-refractivity contribution >= 4 is 28.8 Å². The molecule has 0 aromatic rings. The molecule has 0 atom stereocenters. The minimum Gasteiger partial charge on any atom is -0.346 e. The van der Waals surface area contributed by atoms with E-state index in [1.165, 1.54) is 0 Å². The summed E-state index contributed by atoms with van der Waals surface area (Å²) in [6.45, 7) is 11.4. The highest BCUT2D eigenvalue weighted by atomic mass is 127. The van der Waals surface area contributed by atoms with Gasteiger partial charge < -0.3 is 9.80 Å². The molecular formula is C14H30IN3O. The van der Waals surface area contributed by atoms with Crippen molar-refractivity contribution in [2.45, 2.75) is 33.6 Å². The van der Waals surface area contributed by atoms with E-state index in [2.05, 4.69) is 44.8 Å². The Morgan fingerprint density at radius 1 is 1.05 bits per heavy atom. The molecule has 0 aromatic heterocycles. The van der Waals surface area contributed by atoms with Crippen LogP contribution in [0.3, 0.4) is 0 Å². The van der Waals surface area contributed by atoms with Gasteiger partial charge in [-0.2, -0.15) is 0 Å². The molecule has 0 aromatic carbocycles. The molecule has 0 unspecified atom stereocenters. The smallest absolute Gasteiger partial charge is 0.224 e. The number of nitrogens with zero attached hydrogens (tertiary/aromatic N) is 3. The fourth-order valence-corrected chi connectivity index (χ4v) is 2.16. The first-order valence-corrected chi connectivity index (χ1v) is 8.19. The highest BCUT2D eigenvalue weighted by Gasteiger charge is 2.12. The molecule has 1 amide bonds. The largest absolute Gasteiger partial charge is 0.346 e.